The largest absolute Gasteiger partial charge is 0.465 e. The summed E-state index contributed by atoms with van der Waals surface area (Å²) in [5.74, 6) is 0. The van der Waals surface area contributed by atoms with Gasteiger partial charge < -0.3 is 15.5 Å². The second-order valence-electron chi connectivity index (χ2n) is 5.80. The summed E-state index contributed by atoms with van der Waals surface area (Å²) in [4.78, 5) is 10.8. The van der Waals surface area contributed by atoms with Crippen molar-refractivity contribution in [1.29, 1.82) is 0 Å². The summed E-state index contributed by atoms with van der Waals surface area (Å²) in [7, 11) is 0. The lowest BCUT2D eigenvalue weighted by Crippen LogP contribution is -2.39. The third kappa shape index (κ3) is 3.86. The van der Waals surface area contributed by atoms with Crippen LogP contribution in [0.2, 0.25) is 0 Å². The van der Waals surface area contributed by atoms with Gasteiger partial charge in [-0.1, -0.05) is 48.5 Å². The molecule has 0 unspecified atom stereocenters. The fourth-order valence-electron chi connectivity index (χ4n) is 2.41. The van der Waals surface area contributed by atoms with Crippen LogP contribution in [0.25, 0.3) is 11.1 Å². The summed E-state index contributed by atoms with van der Waals surface area (Å²) in [6.07, 6.45) is -0.373. The molecular weight excluding hydrogens is 278 g/mol. The minimum Gasteiger partial charge on any atom is -0.465 e. The number of aliphatic hydroxyl groups excluding tert-OH is 1. The Balaban J connectivity index is 2.19. The Morgan fingerprint density at radius 1 is 1.00 bits per heavy atom. The third-order valence-electron chi connectivity index (χ3n) is 3.71. The molecule has 116 valence electrons. The molecule has 0 aliphatic heterocycles. The van der Waals surface area contributed by atoms with E-state index < -0.39 is 11.6 Å². The van der Waals surface area contributed by atoms with Crippen LogP contribution in [0, 0.1) is 0 Å². The van der Waals surface area contributed by atoms with Gasteiger partial charge in [-0.05, 0) is 42.5 Å². The Morgan fingerprint density at radius 3 is 1.95 bits per heavy atom. The molecule has 2 aromatic rings. The highest BCUT2D eigenvalue weighted by atomic mass is 16.4. The number of nitrogens with one attached hydrogen (secondary N) is 1. The van der Waals surface area contributed by atoms with Gasteiger partial charge in [0, 0.05) is 6.61 Å². The smallest absolute Gasteiger partial charge is 0.405 e. The predicted octanol–water partition coefficient (Wildman–Crippen LogP) is 3.39. The lowest BCUT2D eigenvalue weighted by molar-refractivity contribution is 0.182. The maximum absolute atomic E-state index is 10.8. The van der Waals surface area contributed by atoms with Gasteiger partial charge in [-0.2, -0.15) is 0 Å². The zero-order valence-electron chi connectivity index (χ0n) is 12.8. The van der Waals surface area contributed by atoms with Crippen molar-refractivity contribution in [3.05, 3.63) is 59.7 Å². The van der Waals surface area contributed by atoms with Gasteiger partial charge in [0.1, 0.15) is 0 Å². The van der Waals surface area contributed by atoms with Gasteiger partial charge in [0.05, 0.1) is 5.54 Å². The molecule has 0 atom stereocenters. The van der Waals surface area contributed by atoms with E-state index in [4.69, 9.17) is 10.2 Å². The molecule has 2 aromatic carbocycles. The number of hydrogen-bond acceptors (Lipinski definition) is 2. The number of benzene rings is 2. The van der Waals surface area contributed by atoms with Crippen LogP contribution in [-0.2, 0) is 12.0 Å². The van der Waals surface area contributed by atoms with Crippen molar-refractivity contribution in [2.24, 2.45) is 0 Å². The monoisotopic (exact) mass is 299 g/mol. The van der Waals surface area contributed by atoms with E-state index in [0.717, 1.165) is 22.3 Å². The van der Waals surface area contributed by atoms with Crippen molar-refractivity contribution >= 4 is 6.09 Å². The van der Waals surface area contributed by atoms with Crippen molar-refractivity contribution in [3.63, 3.8) is 0 Å². The van der Waals surface area contributed by atoms with Crippen LogP contribution < -0.4 is 5.32 Å². The van der Waals surface area contributed by atoms with E-state index in [9.17, 15) is 4.79 Å². The van der Waals surface area contributed by atoms with Crippen LogP contribution in [0.3, 0.4) is 0 Å². The first-order valence-corrected chi connectivity index (χ1v) is 7.24. The minimum atomic E-state index is -1.03. The number of carboxylic acid groups (broad SMARTS) is 1. The summed E-state index contributed by atoms with van der Waals surface area (Å²) in [5, 5.41) is 20.3. The molecule has 0 saturated heterocycles. The molecule has 22 heavy (non-hydrogen) atoms. The highest BCUT2D eigenvalue weighted by Crippen LogP contribution is 2.25. The number of carbonyl (C=O) groups is 1. The van der Waals surface area contributed by atoms with E-state index in [-0.39, 0.29) is 6.61 Å². The Morgan fingerprint density at radius 2 is 1.50 bits per heavy atom. The molecule has 4 heteroatoms. The number of amides is 1. The summed E-state index contributed by atoms with van der Waals surface area (Å²) in [6, 6.07) is 15.9. The first-order valence-electron chi connectivity index (χ1n) is 7.24. The SMILES string of the molecule is CC(C)(NC(=O)O)c1ccc(-c2ccc(CCO)cc2)cc1. The van der Waals surface area contributed by atoms with Crippen molar-refractivity contribution < 1.29 is 15.0 Å². The number of hydrogen-bond donors (Lipinski definition) is 3. The van der Waals surface area contributed by atoms with Gasteiger partial charge in [0.15, 0.2) is 0 Å². The maximum atomic E-state index is 10.8. The molecule has 1 amide bonds. The van der Waals surface area contributed by atoms with Crippen molar-refractivity contribution in [2.45, 2.75) is 25.8 Å². The van der Waals surface area contributed by atoms with Gasteiger partial charge in [-0.15, -0.1) is 0 Å². The second kappa shape index (κ2) is 6.62. The molecule has 3 N–H and O–H groups in total. The number of rotatable bonds is 5. The standard InChI is InChI=1S/C18H21NO3/c1-18(2,19-17(21)22)16-9-7-15(8-10-16)14-5-3-13(4-6-14)11-12-20/h3-10,19-20H,11-12H2,1-2H3,(H,21,22). The van der Waals surface area contributed by atoms with E-state index in [0.29, 0.717) is 6.42 Å². The Hall–Kier alpha value is -2.33. The predicted molar refractivity (Wildman–Crippen MR) is 86.9 cm³/mol. The van der Waals surface area contributed by atoms with Crippen LogP contribution in [-0.4, -0.2) is 22.9 Å². The molecule has 0 spiro atoms. The fourth-order valence-corrected chi connectivity index (χ4v) is 2.41. The first-order chi connectivity index (χ1) is 10.4. The van der Waals surface area contributed by atoms with Crippen molar-refractivity contribution in [2.75, 3.05) is 6.61 Å². The average molecular weight is 299 g/mol. The quantitative estimate of drug-likeness (QED) is 0.792. The zero-order valence-corrected chi connectivity index (χ0v) is 12.8. The van der Waals surface area contributed by atoms with Crippen LogP contribution in [0.4, 0.5) is 4.79 Å². The maximum Gasteiger partial charge on any atom is 0.405 e. The summed E-state index contributed by atoms with van der Waals surface area (Å²) < 4.78 is 0. The molecule has 0 aliphatic rings. The Labute approximate surface area is 130 Å². The average Bonchev–Trinajstić information content (AvgIpc) is 2.47. The second-order valence-corrected chi connectivity index (χ2v) is 5.80. The van der Waals surface area contributed by atoms with E-state index in [1.807, 2.05) is 62.4 Å². The lowest BCUT2D eigenvalue weighted by Gasteiger charge is -2.25. The molecule has 0 saturated carbocycles. The van der Waals surface area contributed by atoms with Gasteiger partial charge in [0.2, 0.25) is 0 Å². The number of aliphatic hydroxyl groups is 1. The molecule has 0 aliphatic carbocycles. The normalized spacial score (nSPS) is 11.2. The Bertz CT molecular complexity index is 630. The molecule has 0 heterocycles. The molecule has 0 radical (unpaired) electrons. The molecular formula is C18H21NO3. The first kappa shape index (κ1) is 16.0. The van der Waals surface area contributed by atoms with Crippen LogP contribution in [0.15, 0.2) is 48.5 Å². The Kier molecular flexibility index (Phi) is 4.83. The molecule has 0 bridgehead atoms. The van der Waals surface area contributed by atoms with Crippen molar-refractivity contribution in [1.82, 2.24) is 5.32 Å². The zero-order chi connectivity index (χ0) is 16.2. The molecule has 2 rings (SSSR count). The van der Waals surface area contributed by atoms with Gasteiger partial charge in [-0.25, -0.2) is 4.79 Å². The van der Waals surface area contributed by atoms with E-state index in [1.165, 1.54) is 0 Å². The van der Waals surface area contributed by atoms with Crippen molar-refractivity contribution in [3.8, 4) is 11.1 Å². The summed E-state index contributed by atoms with van der Waals surface area (Å²) >= 11 is 0. The summed E-state index contributed by atoms with van der Waals surface area (Å²) in [6.45, 7) is 3.82. The van der Waals surface area contributed by atoms with Crippen LogP contribution >= 0.6 is 0 Å². The van der Waals surface area contributed by atoms with E-state index in [2.05, 4.69) is 5.32 Å². The van der Waals surface area contributed by atoms with Crippen LogP contribution in [0.5, 0.6) is 0 Å². The van der Waals surface area contributed by atoms with Gasteiger partial charge >= 0.3 is 6.09 Å². The highest BCUT2D eigenvalue weighted by molar-refractivity contribution is 5.67. The fraction of sp³-hybridized carbons (Fsp3) is 0.278. The molecule has 0 aromatic heterocycles. The molecule has 0 fully saturated rings. The van der Waals surface area contributed by atoms with Gasteiger partial charge in [-0.3, -0.25) is 0 Å². The van der Waals surface area contributed by atoms with Gasteiger partial charge in [0.25, 0.3) is 0 Å². The van der Waals surface area contributed by atoms with E-state index in [1.54, 1.807) is 0 Å². The molecule has 4 nitrogen and oxygen atoms in total. The third-order valence-corrected chi connectivity index (χ3v) is 3.71. The highest BCUT2D eigenvalue weighted by Gasteiger charge is 2.22. The topological polar surface area (TPSA) is 69.6 Å². The summed E-state index contributed by atoms with van der Waals surface area (Å²) in [5.41, 5.74) is 3.56. The van der Waals surface area contributed by atoms with E-state index >= 15 is 0 Å². The van der Waals surface area contributed by atoms with Crippen LogP contribution in [0.1, 0.15) is 25.0 Å². The lowest BCUT2D eigenvalue weighted by atomic mass is 9.92. The minimum absolute atomic E-state index is 0.152.